The van der Waals surface area contributed by atoms with E-state index in [1.165, 1.54) is 0 Å². The normalized spacial score (nSPS) is 14.7. The summed E-state index contributed by atoms with van der Waals surface area (Å²) in [7, 11) is -3.80. The van der Waals surface area contributed by atoms with Crippen molar-refractivity contribution < 1.29 is 18.0 Å². The summed E-state index contributed by atoms with van der Waals surface area (Å²) < 4.78 is 27.7. The van der Waals surface area contributed by atoms with Crippen LogP contribution in [-0.2, 0) is 32.6 Å². The van der Waals surface area contributed by atoms with Gasteiger partial charge >= 0.3 is 0 Å². The number of hydrogen-bond donors (Lipinski definition) is 1. The molecular weight excluding hydrogens is 602 g/mol. The molecule has 1 atom stereocenters. The van der Waals surface area contributed by atoms with Crippen molar-refractivity contribution in [1.29, 1.82) is 0 Å². The van der Waals surface area contributed by atoms with E-state index in [4.69, 9.17) is 0 Å². The van der Waals surface area contributed by atoms with Crippen molar-refractivity contribution in [1.82, 2.24) is 10.2 Å². The fraction of sp³-hybridized carbons (Fsp3) is 0.375. The van der Waals surface area contributed by atoms with Gasteiger partial charge in [0.2, 0.25) is 21.8 Å². The van der Waals surface area contributed by atoms with E-state index in [0.29, 0.717) is 12.1 Å². The van der Waals surface area contributed by atoms with E-state index in [9.17, 15) is 18.0 Å². The summed E-state index contributed by atoms with van der Waals surface area (Å²) in [5, 5.41) is 3.22. The fourth-order valence-electron chi connectivity index (χ4n) is 5.21. The van der Waals surface area contributed by atoms with Crippen molar-refractivity contribution >= 4 is 43.5 Å². The van der Waals surface area contributed by atoms with Gasteiger partial charge in [-0.05, 0) is 55.2 Å². The van der Waals surface area contributed by atoms with Crippen LogP contribution < -0.4 is 9.62 Å². The van der Waals surface area contributed by atoms with E-state index in [-0.39, 0.29) is 18.5 Å². The van der Waals surface area contributed by atoms with Gasteiger partial charge in [0.15, 0.2) is 0 Å². The Labute approximate surface area is 252 Å². The highest BCUT2D eigenvalue weighted by Gasteiger charge is 2.34. The largest absolute Gasteiger partial charge is 0.352 e. The molecule has 0 bridgehead atoms. The number of nitrogens with one attached hydrogen (secondary N) is 1. The van der Waals surface area contributed by atoms with Gasteiger partial charge in [-0.2, -0.15) is 0 Å². The first kappa shape index (κ1) is 30.8. The third kappa shape index (κ3) is 8.91. The van der Waals surface area contributed by atoms with Crippen molar-refractivity contribution in [2.45, 2.75) is 64.1 Å². The first-order chi connectivity index (χ1) is 19.6. The first-order valence-electron chi connectivity index (χ1n) is 14.0. The summed E-state index contributed by atoms with van der Waals surface area (Å²) in [6.45, 7) is 1.74. The van der Waals surface area contributed by atoms with Crippen molar-refractivity contribution in [3.05, 3.63) is 100 Å². The van der Waals surface area contributed by atoms with Crippen LogP contribution in [0, 0.1) is 6.92 Å². The number of hydrogen-bond acceptors (Lipinski definition) is 4. The summed E-state index contributed by atoms with van der Waals surface area (Å²) in [5.41, 5.74) is 3.25. The summed E-state index contributed by atoms with van der Waals surface area (Å²) in [4.78, 5) is 29.7. The van der Waals surface area contributed by atoms with Gasteiger partial charge in [-0.1, -0.05) is 95.4 Å². The zero-order chi connectivity index (χ0) is 29.4. The lowest BCUT2D eigenvalue weighted by atomic mass is 9.94. The summed E-state index contributed by atoms with van der Waals surface area (Å²) in [6, 6.07) is 23.5. The van der Waals surface area contributed by atoms with Gasteiger partial charge in [0.25, 0.3) is 0 Å². The Balaban J connectivity index is 1.71. The maximum absolute atomic E-state index is 14.2. The number of nitrogens with zero attached hydrogens (tertiary/aromatic N) is 2. The van der Waals surface area contributed by atoms with Crippen molar-refractivity contribution in [3.8, 4) is 0 Å². The lowest BCUT2D eigenvalue weighted by molar-refractivity contribution is -0.140. The SMILES string of the molecule is Cc1ccc(CN(C(=O)CN(c2ccc(Br)cc2)S(C)(=O)=O)C(Cc2ccccc2)C(=O)NC2CCCCC2)cc1. The standard InChI is InChI=1S/C32H38BrN3O4S/c1-24-13-15-26(16-14-24)22-35(31(37)23-36(41(2,39)40)29-19-17-27(33)18-20-29)30(21-25-9-5-3-6-10-25)32(38)34-28-11-7-4-8-12-28/h3,5-6,9-10,13-20,28,30H,4,7-8,11-12,21-23H2,1-2H3,(H,34,38). The van der Waals surface area contributed by atoms with Gasteiger partial charge in [-0.25, -0.2) is 8.42 Å². The Bertz CT molecular complexity index is 1410. The van der Waals surface area contributed by atoms with Crippen molar-refractivity contribution in [2.75, 3.05) is 17.1 Å². The number of benzene rings is 3. The van der Waals surface area contributed by atoms with Crippen LogP contribution in [0.1, 0.15) is 48.8 Å². The highest BCUT2D eigenvalue weighted by atomic mass is 79.9. The zero-order valence-electron chi connectivity index (χ0n) is 23.6. The molecule has 0 radical (unpaired) electrons. The van der Waals surface area contributed by atoms with Crippen LogP contribution in [0.5, 0.6) is 0 Å². The molecule has 3 aromatic rings. The van der Waals surface area contributed by atoms with Gasteiger partial charge in [-0.15, -0.1) is 0 Å². The number of sulfonamides is 1. The molecule has 1 N–H and O–H groups in total. The van der Waals surface area contributed by atoms with Crippen LogP contribution in [0.15, 0.2) is 83.3 Å². The summed E-state index contributed by atoms with van der Waals surface area (Å²) in [6.07, 6.45) is 6.53. The molecule has 7 nitrogen and oxygen atoms in total. The molecule has 3 aromatic carbocycles. The van der Waals surface area contributed by atoms with E-state index < -0.39 is 28.5 Å². The van der Waals surface area contributed by atoms with Crippen LogP contribution in [-0.4, -0.2) is 50.0 Å². The van der Waals surface area contributed by atoms with Gasteiger partial charge < -0.3 is 10.2 Å². The first-order valence-corrected chi connectivity index (χ1v) is 16.7. The molecule has 1 fully saturated rings. The van der Waals surface area contributed by atoms with E-state index >= 15 is 0 Å². The van der Waals surface area contributed by atoms with E-state index in [1.54, 1.807) is 29.2 Å². The Morgan fingerprint density at radius 3 is 2.15 bits per heavy atom. The lowest BCUT2D eigenvalue weighted by Crippen LogP contribution is -2.55. The molecule has 0 aliphatic heterocycles. The van der Waals surface area contributed by atoms with Gasteiger partial charge in [0.1, 0.15) is 12.6 Å². The van der Waals surface area contributed by atoms with Crippen LogP contribution in [0.2, 0.25) is 0 Å². The molecule has 0 aromatic heterocycles. The maximum Gasteiger partial charge on any atom is 0.244 e. The second-order valence-corrected chi connectivity index (χ2v) is 13.6. The summed E-state index contributed by atoms with van der Waals surface area (Å²) in [5.74, 6) is -0.658. The molecule has 41 heavy (non-hydrogen) atoms. The second kappa shape index (κ2) is 14.1. The number of carbonyl (C=O) groups is 2. The van der Waals surface area contributed by atoms with Crippen LogP contribution >= 0.6 is 15.9 Å². The predicted molar refractivity (Wildman–Crippen MR) is 167 cm³/mol. The van der Waals surface area contributed by atoms with Gasteiger partial charge in [0.05, 0.1) is 11.9 Å². The average molecular weight is 641 g/mol. The number of aryl methyl sites for hydroxylation is 1. The molecule has 0 heterocycles. The maximum atomic E-state index is 14.2. The lowest BCUT2D eigenvalue weighted by Gasteiger charge is -2.35. The van der Waals surface area contributed by atoms with E-state index in [1.807, 2.05) is 61.5 Å². The molecule has 1 unspecified atom stereocenters. The van der Waals surface area contributed by atoms with Crippen LogP contribution in [0.3, 0.4) is 0 Å². The van der Waals surface area contributed by atoms with Gasteiger partial charge in [0, 0.05) is 23.5 Å². The van der Waals surface area contributed by atoms with Crippen LogP contribution in [0.25, 0.3) is 0 Å². The molecule has 0 saturated heterocycles. The molecular formula is C32H38BrN3O4S. The Hall–Kier alpha value is -3.17. The van der Waals surface area contributed by atoms with Crippen LogP contribution in [0.4, 0.5) is 5.69 Å². The summed E-state index contributed by atoms with van der Waals surface area (Å²) >= 11 is 3.38. The monoisotopic (exact) mass is 639 g/mol. The molecule has 0 spiro atoms. The molecule has 1 aliphatic rings. The Kier molecular flexibility index (Phi) is 10.6. The Morgan fingerprint density at radius 1 is 0.902 bits per heavy atom. The van der Waals surface area contributed by atoms with E-state index in [0.717, 1.165) is 63.8 Å². The number of anilines is 1. The minimum absolute atomic E-state index is 0.0705. The molecule has 2 amide bonds. The molecule has 218 valence electrons. The third-order valence-electron chi connectivity index (χ3n) is 7.49. The zero-order valence-corrected chi connectivity index (χ0v) is 26.0. The quantitative estimate of drug-likeness (QED) is 0.295. The minimum Gasteiger partial charge on any atom is -0.352 e. The highest BCUT2D eigenvalue weighted by molar-refractivity contribution is 9.10. The predicted octanol–water partition coefficient (Wildman–Crippen LogP) is 5.61. The number of carbonyl (C=O) groups excluding carboxylic acids is 2. The fourth-order valence-corrected chi connectivity index (χ4v) is 6.32. The van der Waals surface area contributed by atoms with Gasteiger partial charge in [-0.3, -0.25) is 13.9 Å². The Morgan fingerprint density at radius 2 is 1.54 bits per heavy atom. The number of amides is 2. The van der Waals surface area contributed by atoms with Crippen molar-refractivity contribution in [2.24, 2.45) is 0 Å². The molecule has 9 heteroatoms. The highest BCUT2D eigenvalue weighted by Crippen LogP contribution is 2.23. The topological polar surface area (TPSA) is 86.8 Å². The third-order valence-corrected chi connectivity index (χ3v) is 9.16. The number of halogens is 1. The second-order valence-electron chi connectivity index (χ2n) is 10.8. The smallest absolute Gasteiger partial charge is 0.244 e. The molecule has 4 rings (SSSR count). The molecule has 1 aliphatic carbocycles. The average Bonchev–Trinajstić information content (AvgIpc) is 2.95. The minimum atomic E-state index is -3.80. The molecule has 1 saturated carbocycles. The van der Waals surface area contributed by atoms with Crippen molar-refractivity contribution in [3.63, 3.8) is 0 Å². The number of rotatable bonds is 11. The van der Waals surface area contributed by atoms with E-state index in [2.05, 4.69) is 21.2 Å².